The summed E-state index contributed by atoms with van der Waals surface area (Å²) in [5, 5.41) is 9.54. The number of anilines is 1. The quantitative estimate of drug-likeness (QED) is 0.838. The highest BCUT2D eigenvalue weighted by molar-refractivity contribution is 5.57. The molecule has 6 nitrogen and oxygen atoms in total. The molecule has 1 saturated heterocycles. The van der Waals surface area contributed by atoms with Crippen molar-refractivity contribution >= 4 is 5.82 Å². The summed E-state index contributed by atoms with van der Waals surface area (Å²) in [7, 11) is 0. The highest BCUT2D eigenvalue weighted by atomic mass is 16.1. The van der Waals surface area contributed by atoms with Crippen LogP contribution in [-0.2, 0) is 19.4 Å². The third-order valence-corrected chi connectivity index (χ3v) is 6.04. The molecule has 0 bridgehead atoms. The van der Waals surface area contributed by atoms with Gasteiger partial charge >= 0.3 is 0 Å². The Morgan fingerprint density at radius 3 is 2.78 bits per heavy atom. The molecule has 0 spiro atoms. The molecule has 2 aromatic heterocycles. The molecular formula is C21H25N5O. The van der Waals surface area contributed by atoms with Crippen LogP contribution in [0.25, 0.3) is 0 Å². The van der Waals surface area contributed by atoms with Crippen LogP contribution in [0.4, 0.5) is 5.82 Å². The van der Waals surface area contributed by atoms with Crippen molar-refractivity contribution in [3.8, 4) is 6.07 Å². The number of fused-ring (bicyclic) bond motifs is 1. The first-order valence-electron chi connectivity index (χ1n) is 9.77. The van der Waals surface area contributed by atoms with E-state index in [1.807, 2.05) is 19.9 Å². The molecule has 6 heteroatoms. The number of rotatable bonds is 3. The number of nitriles is 1. The summed E-state index contributed by atoms with van der Waals surface area (Å²) in [6.07, 6.45) is 6.85. The van der Waals surface area contributed by atoms with E-state index in [1.165, 1.54) is 11.3 Å². The van der Waals surface area contributed by atoms with E-state index in [4.69, 9.17) is 4.98 Å². The van der Waals surface area contributed by atoms with Crippen LogP contribution in [0.2, 0.25) is 0 Å². The van der Waals surface area contributed by atoms with Crippen molar-refractivity contribution in [1.29, 1.82) is 5.26 Å². The maximum absolute atomic E-state index is 12.4. The van der Waals surface area contributed by atoms with Gasteiger partial charge in [-0.15, -0.1) is 0 Å². The van der Waals surface area contributed by atoms with E-state index in [9.17, 15) is 10.1 Å². The van der Waals surface area contributed by atoms with Crippen LogP contribution < -0.4 is 10.5 Å². The smallest absolute Gasteiger partial charge is 0.256 e. The van der Waals surface area contributed by atoms with Crippen molar-refractivity contribution in [1.82, 2.24) is 14.5 Å². The van der Waals surface area contributed by atoms with Crippen molar-refractivity contribution in [3.63, 3.8) is 0 Å². The minimum absolute atomic E-state index is 0.0667. The third kappa shape index (κ3) is 3.34. The number of hydrogen-bond acceptors (Lipinski definition) is 5. The number of pyridine rings is 1. The molecule has 0 aromatic carbocycles. The Bertz CT molecular complexity index is 964. The zero-order chi connectivity index (χ0) is 19.0. The first-order chi connectivity index (χ1) is 13.1. The summed E-state index contributed by atoms with van der Waals surface area (Å²) in [5.74, 6) is 1.30. The Labute approximate surface area is 159 Å². The summed E-state index contributed by atoms with van der Waals surface area (Å²) in [5.41, 5.74) is 4.71. The van der Waals surface area contributed by atoms with E-state index in [0.717, 1.165) is 62.3 Å². The molecule has 2 aliphatic rings. The number of piperidine rings is 1. The molecule has 1 fully saturated rings. The molecule has 0 unspecified atom stereocenters. The second kappa shape index (κ2) is 7.15. The summed E-state index contributed by atoms with van der Waals surface area (Å²) in [6.45, 7) is 6.17. The van der Waals surface area contributed by atoms with Gasteiger partial charge in [-0.1, -0.05) is 0 Å². The normalized spacial score (nSPS) is 17.0. The van der Waals surface area contributed by atoms with Gasteiger partial charge in [-0.05, 0) is 63.5 Å². The lowest BCUT2D eigenvalue weighted by Gasteiger charge is -2.33. The van der Waals surface area contributed by atoms with Gasteiger partial charge in [-0.25, -0.2) is 9.97 Å². The Kier molecular flexibility index (Phi) is 4.69. The average molecular weight is 363 g/mol. The van der Waals surface area contributed by atoms with Gasteiger partial charge in [0.15, 0.2) is 0 Å². The minimum Gasteiger partial charge on any atom is -0.355 e. The lowest BCUT2D eigenvalue weighted by atomic mass is 9.96. The zero-order valence-corrected chi connectivity index (χ0v) is 16.0. The SMILES string of the molecule is Cc1ncn(CC2CCN(c3nc4c(cc3C#N)CCC4)CC2)c(=O)c1C. The second-order valence-corrected chi connectivity index (χ2v) is 7.77. The van der Waals surface area contributed by atoms with Crippen molar-refractivity contribution in [2.75, 3.05) is 18.0 Å². The van der Waals surface area contributed by atoms with Gasteiger partial charge in [0.05, 0.1) is 11.9 Å². The molecule has 0 amide bonds. The molecule has 2 aromatic rings. The zero-order valence-electron chi connectivity index (χ0n) is 16.0. The van der Waals surface area contributed by atoms with Crippen LogP contribution >= 0.6 is 0 Å². The summed E-state index contributed by atoms with van der Waals surface area (Å²) in [4.78, 5) is 23.8. The van der Waals surface area contributed by atoms with Gasteiger partial charge in [-0.2, -0.15) is 5.26 Å². The van der Waals surface area contributed by atoms with Crippen LogP contribution in [-0.4, -0.2) is 27.6 Å². The van der Waals surface area contributed by atoms with E-state index in [1.54, 1.807) is 10.9 Å². The fourth-order valence-corrected chi connectivity index (χ4v) is 4.20. The molecule has 140 valence electrons. The van der Waals surface area contributed by atoms with Crippen molar-refractivity contribution in [3.05, 3.63) is 50.8 Å². The van der Waals surface area contributed by atoms with Gasteiger partial charge in [0.1, 0.15) is 11.9 Å². The van der Waals surface area contributed by atoms with Gasteiger partial charge in [0.25, 0.3) is 5.56 Å². The van der Waals surface area contributed by atoms with Gasteiger partial charge < -0.3 is 4.90 Å². The number of aryl methyl sites for hydroxylation is 3. The molecule has 0 saturated carbocycles. The maximum Gasteiger partial charge on any atom is 0.256 e. The molecule has 3 heterocycles. The number of nitrogens with zero attached hydrogens (tertiary/aromatic N) is 5. The van der Waals surface area contributed by atoms with Crippen LogP contribution in [0.3, 0.4) is 0 Å². The molecular weight excluding hydrogens is 338 g/mol. The molecule has 27 heavy (non-hydrogen) atoms. The van der Waals surface area contributed by atoms with Crippen molar-refractivity contribution < 1.29 is 0 Å². The van der Waals surface area contributed by atoms with Crippen LogP contribution in [0.15, 0.2) is 17.2 Å². The van der Waals surface area contributed by atoms with Crippen LogP contribution in [0.5, 0.6) is 0 Å². The first kappa shape index (κ1) is 17.7. The van der Waals surface area contributed by atoms with E-state index in [0.29, 0.717) is 18.0 Å². The number of aromatic nitrogens is 3. The summed E-state index contributed by atoms with van der Waals surface area (Å²) in [6, 6.07) is 4.37. The molecule has 0 radical (unpaired) electrons. The topological polar surface area (TPSA) is 74.8 Å². The van der Waals surface area contributed by atoms with E-state index < -0.39 is 0 Å². The molecule has 1 aliphatic carbocycles. The van der Waals surface area contributed by atoms with E-state index in [2.05, 4.69) is 16.0 Å². The average Bonchev–Trinajstić information content (AvgIpc) is 3.15. The van der Waals surface area contributed by atoms with Gasteiger partial charge in [0.2, 0.25) is 0 Å². The second-order valence-electron chi connectivity index (χ2n) is 7.77. The molecule has 0 N–H and O–H groups in total. The van der Waals surface area contributed by atoms with Gasteiger partial charge in [0, 0.05) is 36.6 Å². The maximum atomic E-state index is 12.4. The molecule has 0 atom stereocenters. The van der Waals surface area contributed by atoms with Crippen molar-refractivity contribution in [2.45, 2.75) is 52.5 Å². The first-order valence-corrected chi connectivity index (χ1v) is 9.77. The standard InChI is InChI=1S/C21H25N5O/c1-14-15(2)23-13-26(21(14)27)12-16-6-8-25(9-7-16)20-18(11-22)10-17-4-3-5-19(17)24-20/h10,13,16H,3-9,12H2,1-2H3. The van der Waals surface area contributed by atoms with E-state index >= 15 is 0 Å². The Balaban J connectivity index is 1.46. The highest BCUT2D eigenvalue weighted by Gasteiger charge is 2.25. The lowest BCUT2D eigenvalue weighted by molar-refractivity contribution is 0.349. The Morgan fingerprint density at radius 2 is 2.04 bits per heavy atom. The summed E-state index contributed by atoms with van der Waals surface area (Å²) < 4.78 is 1.75. The summed E-state index contributed by atoms with van der Waals surface area (Å²) >= 11 is 0. The Hall–Kier alpha value is -2.68. The monoisotopic (exact) mass is 363 g/mol. The van der Waals surface area contributed by atoms with Crippen molar-refractivity contribution in [2.24, 2.45) is 5.92 Å². The van der Waals surface area contributed by atoms with Crippen LogP contribution in [0, 0.1) is 31.1 Å². The predicted molar refractivity (Wildman–Crippen MR) is 104 cm³/mol. The van der Waals surface area contributed by atoms with Gasteiger partial charge in [-0.3, -0.25) is 9.36 Å². The largest absolute Gasteiger partial charge is 0.355 e. The highest BCUT2D eigenvalue weighted by Crippen LogP contribution is 2.30. The minimum atomic E-state index is 0.0667. The third-order valence-electron chi connectivity index (χ3n) is 6.04. The van der Waals surface area contributed by atoms with E-state index in [-0.39, 0.29) is 5.56 Å². The predicted octanol–water partition coefficient (Wildman–Crippen LogP) is 2.53. The fraction of sp³-hybridized carbons (Fsp3) is 0.524. The molecule has 4 rings (SSSR count). The molecule has 1 aliphatic heterocycles. The Morgan fingerprint density at radius 1 is 1.26 bits per heavy atom. The van der Waals surface area contributed by atoms with Crippen LogP contribution in [0.1, 0.15) is 47.3 Å². The lowest BCUT2D eigenvalue weighted by Crippen LogP contribution is -2.37. The fourth-order valence-electron chi connectivity index (χ4n) is 4.20. The number of hydrogen-bond donors (Lipinski definition) is 0.